The second-order valence-electron chi connectivity index (χ2n) is 6.51. The van der Waals surface area contributed by atoms with E-state index in [9.17, 15) is 4.79 Å². The Morgan fingerprint density at radius 1 is 1.07 bits per heavy atom. The molecular formula is C22H21N5O. The Balaban J connectivity index is 1.33. The maximum Gasteiger partial charge on any atom is 0.251 e. The average Bonchev–Trinajstić information content (AvgIpc) is 3.16. The summed E-state index contributed by atoms with van der Waals surface area (Å²) < 4.78 is 0. The smallest absolute Gasteiger partial charge is 0.251 e. The van der Waals surface area contributed by atoms with Crippen molar-refractivity contribution in [2.75, 3.05) is 11.9 Å². The van der Waals surface area contributed by atoms with Crippen LogP contribution in [0.1, 0.15) is 21.5 Å². The zero-order valence-corrected chi connectivity index (χ0v) is 15.4. The minimum atomic E-state index is -0.105. The fourth-order valence-electron chi connectivity index (χ4n) is 3.11. The average molecular weight is 371 g/mol. The Labute approximate surface area is 163 Å². The minimum Gasteiger partial charge on any atom is -0.366 e. The third kappa shape index (κ3) is 4.17. The van der Waals surface area contributed by atoms with Gasteiger partial charge in [0, 0.05) is 54.3 Å². The number of nitrogens with zero attached hydrogens (tertiary/aromatic N) is 2. The number of para-hydroxylation sites is 1. The quantitative estimate of drug-likeness (QED) is 0.464. The van der Waals surface area contributed by atoms with E-state index in [4.69, 9.17) is 0 Å². The van der Waals surface area contributed by atoms with Gasteiger partial charge in [-0.2, -0.15) is 0 Å². The zero-order chi connectivity index (χ0) is 19.2. The van der Waals surface area contributed by atoms with E-state index in [0.29, 0.717) is 24.5 Å². The van der Waals surface area contributed by atoms with Crippen LogP contribution in [0, 0.1) is 0 Å². The molecule has 0 saturated carbocycles. The Kier molecular flexibility index (Phi) is 5.29. The summed E-state index contributed by atoms with van der Waals surface area (Å²) >= 11 is 0. The number of benzene rings is 1. The standard InChI is InChI=1S/C22H21N5O/c28-22(25-11-8-18-15-26-20-6-2-1-5-19(18)20)17-7-10-24-21(12-17)27-14-16-4-3-9-23-13-16/h1-7,9-10,12-13,15,26H,8,11,14H2,(H,24,27)(H,25,28). The van der Waals surface area contributed by atoms with Gasteiger partial charge in [0.15, 0.2) is 0 Å². The lowest BCUT2D eigenvalue weighted by atomic mass is 10.1. The highest BCUT2D eigenvalue weighted by Crippen LogP contribution is 2.17. The summed E-state index contributed by atoms with van der Waals surface area (Å²) in [5, 5.41) is 7.40. The molecule has 4 rings (SSSR count). The number of fused-ring (bicyclic) bond motifs is 1. The van der Waals surface area contributed by atoms with E-state index in [1.165, 1.54) is 10.9 Å². The monoisotopic (exact) mass is 371 g/mol. The number of nitrogens with one attached hydrogen (secondary N) is 3. The van der Waals surface area contributed by atoms with E-state index in [0.717, 1.165) is 17.5 Å². The third-order valence-corrected chi connectivity index (χ3v) is 4.57. The molecular weight excluding hydrogens is 350 g/mol. The van der Waals surface area contributed by atoms with Crippen molar-refractivity contribution in [3.8, 4) is 0 Å². The second kappa shape index (κ2) is 8.35. The van der Waals surface area contributed by atoms with Crippen LogP contribution >= 0.6 is 0 Å². The van der Waals surface area contributed by atoms with E-state index in [1.54, 1.807) is 30.7 Å². The second-order valence-corrected chi connectivity index (χ2v) is 6.51. The molecule has 140 valence electrons. The van der Waals surface area contributed by atoms with E-state index in [2.05, 4.69) is 37.7 Å². The predicted molar refractivity (Wildman–Crippen MR) is 110 cm³/mol. The van der Waals surface area contributed by atoms with Gasteiger partial charge in [-0.3, -0.25) is 9.78 Å². The lowest BCUT2D eigenvalue weighted by molar-refractivity contribution is 0.0954. The molecule has 0 saturated heterocycles. The van der Waals surface area contributed by atoms with E-state index in [-0.39, 0.29) is 5.91 Å². The van der Waals surface area contributed by atoms with Crippen LogP contribution < -0.4 is 10.6 Å². The molecule has 3 N–H and O–H groups in total. The fraction of sp³-hybridized carbons (Fsp3) is 0.136. The Morgan fingerprint density at radius 2 is 2.00 bits per heavy atom. The molecule has 0 spiro atoms. The van der Waals surface area contributed by atoms with Crippen LogP contribution in [-0.4, -0.2) is 27.4 Å². The minimum absolute atomic E-state index is 0.105. The van der Waals surface area contributed by atoms with Gasteiger partial charge in [0.2, 0.25) is 0 Å². The van der Waals surface area contributed by atoms with Crippen LogP contribution in [0.2, 0.25) is 0 Å². The van der Waals surface area contributed by atoms with Gasteiger partial charge < -0.3 is 15.6 Å². The molecule has 0 bridgehead atoms. The summed E-state index contributed by atoms with van der Waals surface area (Å²) in [7, 11) is 0. The number of carbonyl (C=O) groups excluding carboxylic acids is 1. The first-order chi connectivity index (χ1) is 13.8. The predicted octanol–water partition coefficient (Wildman–Crippen LogP) is 3.54. The van der Waals surface area contributed by atoms with Gasteiger partial charge in [0.25, 0.3) is 5.91 Å². The Hall–Kier alpha value is -3.67. The molecule has 1 aromatic carbocycles. The molecule has 0 unspecified atom stereocenters. The van der Waals surface area contributed by atoms with Crippen LogP contribution in [0.5, 0.6) is 0 Å². The number of anilines is 1. The van der Waals surface area contributed by atoms with Crippen LogP contribution in [0.25, 0.3) is 10.9 Å². The molecule has 6 nitrogen and oxygen atoms in total. The van der Waals surface area contributed by atoms with Crippen LogP contribution in [0.4, 0.5) is 5.82 Å². The topological polar surface area (TPSA) is 82.7 Å². The maximum atomic E-state index is 12.5. The van der Waals surface area contributed by atoms with Crippen molar-refractivity contribution < 1.29 is 4.79 Å². The number of rotatable bonds is 7. The highest BCUT2D eigenvalue weighted by molar-refractivity contribution is 5.94. The Morgan fingerprint density at radius 3 is 2.89 bits per heavy atom. The number of hydrogen-bond donors (Lipinski definition) is 3. The van der Waals surface area contributed by atoms with Crippen molar-refractivity contribution in [2.45, 2.75) is 13.0 Å². The molecule has 3 heterocycles. The highest BCUT2D eigenvalue weighted by atomic mass is 16.1. The fourth-order valence-corrected chi connectivity index (χ4v) is 3.11. The van der Waals surface area contributed by atoms with Gasteiger partial charge >= 0.3 is 0 Å². The largest absolute Gasteiger partial charge is 0.366 e. The first kappa shape index (κ1) is 17.7. The number of amides is 1. The molecule has 0 aliphatic heterocycles. The van der Waals surface area contributed by atoms with Crippen molar-refractivity contribution >= 4 is 22.6 Å². The van der Waals surface area contributed by atoms with E-state index < -0.39 is 0 Å². The van der Waals surface area contributed by atoms with E-state index >= 15 is 0 Å². The number of carbonyl (C=O) groups is 1. The number of aromatic amines is 1. The maximum absolute atomic E-state index is 12.5. The van der Waals surface area contributed by atoms with Gasteiger partial charge in [0.05, 0.1) is 0 Å². The van der Waals surface area contributed by atoms with Gasteiger partial charge in [0.1, 0.15) is 5.82 Å². The first-order valence-corrected chi connectivity index (χ1v) is 9.21. The summed E-state index contributed by atoms with van der Waals surface area (Å²) in [6.45, 7) is 1.17. The Bertz CT molecular complexity index is 1070. The molecule has 6 heteroatoms. The lowest BCUT2D eigenvalue weighted by Crippen LogP contribution is -2.25. The normalized spacial score (nSPS) is 10.7. The number of H-pyrrole nitrogens is 1. The van der Waals surface area contributed by atoms with Crippen molar-refractivity contribution in [1.82, 2.24) is 20.3 Å². The molecule has 3 aromatic heterocycles. The number of aromatic nitrogens is 3. The van der Waals surface area contributed by atoms with Crippen LogP contribution in [0.15, 0.2) is 73.3 Å². The molecule has 0 atom stereocenters. The van der Waals surface area contributed by atoms with E-state index in [1.807, 2.05) is 30.5 Å². The van der Waals surface area contributed by atoms with Gasteiger partial charge in [-0.15, -0.1) is 0 Å². The van der Waals surface area contributed by atoms with Gasteiger partial charge in [-0.1, -0.05) is 24.3 Å². The summed E-state index contributed by atoms with van der Waals surface area (Å²) in [5.41, 5.74) is 3.95. The zero-order valence-electron chi connectivity index (χ0n) is 15.4. The van der Waals surface area contributed by atoms with Crippen molar-refractivity contribution in [3.05, 3.63) is 90.0 Å². The highest BCUT2D eigenvalue weighted by Gasteiger charge is 2.08. The number of hydrogen-bond acceptors (Lipinski definition) is 4. The number of pyridine rings is 2. The lowest BCUT2D eigenvalue weighted by Gasteiger charge is -2.08. The molecule has 0 aliphatic carbocycles. The summed E-state index contributed by atoms with van der Waals surface area (Å²) in [6, 6.07) is 15.5. The molecule has 0 fully saturated rings. The molecule has 28 heavy (non-hydrogen) atoms. The van der Waals surface area contributed by atoms with Crippen molar-refractivity contribution in [2.24, 2.45) is 0 Å². The first-order valence-electron chi connectivity index (χ1n) is 9.21. The van der Waals surface area contributed by atoms with Crippen LogP contribution in [0.3, 0.4) is 0 Å². The van der Waals surface area contributed by atoms with Crippen LogP contribution in [-0.2, 0) is 13.0 Å². The molecule has 0 radical (unpaired) electrons. The molecule has 1 amide bonds. The third-order valence-electron chi connectivity index (χ3n) is 4.57. The summed E-state index contributed by atoms with van der Waals surface area (Å²) in [5.74, 6) is 0.555. The molecule has 4 aromatic rings. The van der Waals surface area contributed by atoms with Crippen molar-refractivity contribution in [3.63, 3.8) is 0 Å². The van der Waals surface area contributed by atoms with Gasteiger partial charge in [-0.25, -0.2) is 4.98 Å². The summed E-state index contributed by atoms with van der Waals surface area (Å²) in [4.78, 5) is 24.1. The SMILES string of the molecule is O=C(NCCc1c[nH]c2ccccc12)c1ccnc(NCc2cccnc2)c1. The van der Waals surface area contributed by atoms with Gasteiger partial charge in [-0.05, 0) is 41.8 Å². The van der Waals surface area contributed by atoms with Crippen molar-refractivity contribution in [1.29, 1.82) is 0 Å². The summed E-state index contributed by atoms with van der Waals surface area (Å²) in [6.07, 6.45) is 7.95. The molecule has 0 aliphatic rings.